The first-order valence-corrected chi connectivity index (χ1v) is 7.43. The number of nitrogens with one attached hydrogen (secondary N) is 1. The summed E-state index contributed by atoms with van der Waals surface area (Å²) in [7, 11) is 0. The van der Waals surface area contributed by atoms with E-state index >= 15 is 0 Å². The van der Waals surface area contributed by atoms with E-state index in [0.29, 0.717) is 6.04 Å². The van der Waals surface area contributed by atoms with Gasteiger partial charge in [-0.2, -0.15) is 0 Å². The van der Waals surface area contributed by atoms with Crippen molar-refractivity contribution in [3.8, 4) is 0 Å². The maximum atomic E-state index is 5.55. The Hall–Kier alpha value is -0.510. The van der Waals surface area contributed by atoms with Crippen LogP contribution in [0.5, 0.6) is 0 Å². The zero-order valence-corrected chi connectivity index (χ0v) is 11.3. The summed E-state index contributed by atoms with van der Waals surface area (Å²) in [6.45, 7) is 4.86. The van der Waals surface area contributed by atoms with Gasteiger partial charge in [0, 0.05) is 29.8 Å². The quantitative estimate of drug-likeness (QED) is 0.752. The van der Waals surface area contributed by atoms with Crippen molar-refractivity contribution in [1.82, 2.24) is 5.32 Å². The highest BCUT2D eigenvalue weighted by Crippen LogP contribution is 2.37. The van der Waals surface area contributed by atoms with Gasteiger partial charge in [0.25, 0.3) is 0 Å². The van der Waals surface area contributed by atoms with Crippen LogP contribution in [-0.4, -0.2) is 25.5 Å². The Kier molecular flexibility index (Phi) is 5.36. The molecule has 0 saturated heterocycles. The molecule has 94 valence electrons. The van der Waals surface area contributed by atoms with Crippen LogP contribution >= 0.6 is 11.8 Å². The molecule has 1 heterocycles. The number of thioether (sulfide) groups is 1. The zero-order chi connectivity index (χ0) is 11.9. The number of ether oxygens (including phenoxy) is 1. The van der Waals surface area contributed by atoms with Gasteiger partial charge < -0.3 is 10.1 Å². The van der Waals surface area contributed by atoms with Crippen molar-refractivity contribution >= 4 is 11.8 Å². The maximum absolute atomic E-state index is 5.55. The molecule has 1 atom stereocenters. The number of hydrogen-bond donors (Lipinski definition) is 1. The van der Waals surface area contributed by atoms with Gasteiger partial charge in [-0.1, -0.05) is 31.5 Å². The lowest BCUT2D eigenvalue weighted by molar-refractivity contribution is 0.131. The van der Waals surface area contributed by atoms with Crippen LogP contribution in [0.1, 0.15) is 31.4 Å². The molecule has 1 aliphatic heterocycles. The Balaban J connectivity index is 1.68. The molecule has 2 rings (SSSR count). The van der Waals surface area contributed by atoms with Crippen molar-refractivity contribution in [3.05, 3.63) is 29.8 Å². The molecule has 0 aromatic heterocycles. The molecular weight excluding hydrogens is 230 g/mol. The van der Waals surface area contributed by atoms with Gasteiger partial charge >= 0.3 is 0 Å². The first-order chi connectivity index (χ1) is 8.42. The molecule has 0 bridgehead atoms. The average Bonchev–Trinajstić information content (AvgIpc) is 2.77. The van der Waals surface area contributed by atoms with Gasteiger partial charge in [0.1, 0.15) is 0 Å². The van der Waals surface area contributed by atoms with E-state index in [0.717, 1.165) is 25.5 Å². The molecule has 0 amide bonds. The summed E-state index contributed by atoms with van der Waals surface area (Å²) in [6, 6.07) is 9.18. The summed E-state index contributed by atoms with van der Waals surface area (Å²) in [6.07, 6.45) is 2.38. The average molecular weight is 251 g/mol. The van der Waals surface area contributed by atoms with Crippen molar-refractivity contribution in [2.45, 2.75) is 30.7 Å². The van der Waals surface area contributed by atoms with E-state index in [1.54, 1.807) is 0 Å². The molecule has 3 heteroatoms. The lowest BCUT2D eigenvalue weighted by atomic mass is 10.1. The second-order valence-corrected chi connectivity index (χ2v) is 5.38. The third kappa shape index (κ3) is 3.73. The Labute approximate surface area is 108 Å². The highest BCUT2D eigenvalue weighted by Gasteiger charge is 2.21. The SMILES string of the molecule is CCCCOCCNC1CSc2ccccc21. The predicted octanol–water partition coefficient (Wildman–Crippen LogP) is 3.24. The lowest BCUT2D eigenvalue weighted by Gasteiger charge is -2.13. The van der Waals surface area contributed by atoms with Crippen LogP contribution in [0.4, 0.5) is 0 Å². The van der Waals surface area contributed by atoms with Crippen LogP contribution in [0.2, 0.25) is 0 Å². The van der Waals surface area contributed by atoms with E-state index in [9.17, 15) is 0 Å². The van der Waals surface area contributed by atoms with Gasteiger partial charge in [-0.05, 0) is 18.1 Å². The van der Waals surface area contributed by atoms with Crippen LogP contribution in [0.3, 0.4) is 0 Å². The minimum absolute atomic E-state index is 0.506. The van der Waals surface area contributed by atoms with E-state index in [1.165, 1.54) is 23.3 Å². The van der Waals surface area contributed by atoms with Crippen molar-refractivity contribution in [1.29, 1.82) is 0 Å². The molecule has 0 radical (unpaired) electrons. The van der Waals surface area contributed by atoms with E-state index < -0.39 is 0 Å². The smallest absolute Gasteiger partial charge is 0.0591 e. The third-order valence-electron chi connectivity index (χ3n) is 2.98. The number of hydrogen-bond acceptors (Lipinski definition) is 3. The standard InChI is InChI=1S/C14H21NOS/c1-2-3-9-16-10-8-15-13-11-17-14-7-5-4-6-12(13)14/h4-7,13,15H,2-3,8-11H2,1H3. The van der Waals surface area contributed by atoms with Crippen LogP contribution < -0.4 is 5.32 Å². The number of rotatable bonds is 7. The van der Waals surface area contributed by atoms with Crippen LogP contribution in [-0.2, 0) is 4.74 Å². The van der Waals surface area contributed by atoms with Crippen molar-refractivity contribution in [2.75, 3.05) is 25.5 Å². The molecule has 17 heavy (non-hydrogen) atoms. The van der Waals surface area contributed by atoms with E-state index in [4.69, 9.17) is 4.74 Å². The molecular formula is C14H21NOS. The van der Waals surface area contributed by atoms with E-state index in [-0.39, 0.29) is 0 Å². The zero-order valence-electron chi connectivity index (χ0n) is 10.4. The summed E-state index contributed by atoms with van der Waals surface area (Å²) in [4.78, 5) is 1.43. The number of fused-ring (bicyclic) bond motifs is 1. The molecule has 1 aliphatic rings. The van der Waals surface area contributed by atoms with Crippen LogP contribution in [0.25, 0.3) is 0 Å². The largest absolute Gasteiger partial charge is 0.380 e. The lowest BCUT2D eigenvalue weighted by Crippen LogP contribution is -2.25. The van der Waals surface area contributed by atoms with Gasteiger partial charge in [0.05, 0.1) is 6.61 Å². The normalized spacial score (nSPS) is 18.3. The fourth-order valence-electron chi connectivity index (χ4n) is 1.99. The molecule has 1 aromatic rings. The molecule has 0 spiro atoms. The highest BCUT2D eigenvalue weighted by atomic mass is 32.2. The molecule has 0 aliphatic carbocycles. The van der Waals surface area contributed by atoms with E-state index in [1.807, 2.05) is 11.8 Å². The van der Waals surface area contributed by atoms with Crippen LogP contribution in [0.15, 0.2) is 29.2 Å². The second kappa shape index (κ2) is 7.04. The van der Waals surface area contributed by atoms with Gasteiger partial charge in [-0.3, -0.25) is 0 Å². The minimum atomic E-state index is 0.506. The highest BCUT2D eigenvalue weighted by molar-refractivity contribution is 7.99. The molecule has 1 unspecified atom stereocenters. The summed E-state index contributed by atoms with van der Waals surface area (Å²) in [5, 5.41) is 3.57. The molecule has 1 aromatic carbocycles. The molecule has 2 nitrogen and oxygen atoms in total. The van der Waals surface area contributed by atoms with Gasteiger partial charge in [-0.25, -0.2) is 0 Å². The Morgan fingerprint density at radius 3 is 3.12 bits per heavy atom. The van der Waals surface area contributed by atoms with Crippen molar-refractivity contribution in [3.63, 3.8) is 0 Å². The minimum Gasteiger partial charge on any atom is -0.380 e. The molecule has 0 fully saturated rings. The monoisotopic (exact) mass is 251 g/mol. The predicted molar refractivity (Wildman–Crippen MR) is 73.6 cm³/mol. The molecule has 1 N–H and O–H groups in total. The fourth-order valence-corrected chi connectivity index (χ4v) is 3.18. The van der Waals surface area contributed by atoms with Crippen LogP contribution in [0, 0.1) is 0 Å². The number of benzene rings is 1. The summed E-state index contributed by atoms with van der Waals surface area (Å²) in [5.74, 6) is 1.15. The maximum Gasteiger partial charge on any atom is 0.0591 e. The van der Waals surface area contributed by atoms with Gasteiger partial charge in [-0.15, -0.1) is 11.8 Å². The van der Waals surface area contributed by atoms with E-state index in [2.05, 4.69) is 36.5 Å². The first-order valence-electron chi connectivity index (χ1n) is 6.44. The number of unbranched alkanes of at least 4 members (excludes halogenated alkanes) is 1. The van der Waals surface area contributed by atoms with Crippen molar-refractivity contribution < 1.29 is 4.74 Å². The summed E-state index contributed by atoms with van der Waals surface area (Å²) < 4.78 is 5.55. The summed E-state index contributed by atoms with van der Waals surface area (Å²) in [5.41, 5.74) is 1.45. The fraction of sp³-hybridized carbons (Fsp3) is 0.571. The topological polar surface area (TPSA) is 21.3 Å². The second-order valence-electron chi connectivity index (χ2n) is 4.32. The Bertz CT molecular complexity index is 343. The van der Waals surface area contributed by atoms with Crippen molar-refractivity contribution in [2.24, 2.45) is 0 Å². The van der Waals surface area contributed by atoms with Gasteiger partial charge in [0.15, 0.2) is 0 Å². The Morgan fingerprint density at radius 2 is 2.24 bits per heavy atom. The summed E-state index contributed by atoms with van der Waals surface area (Å²) >= 11 is 1.94. The van der Waals surface area contributed by atoms with Gasteiger partial charge in [0.2, 0.25) is 0 Å². The molecule has 0 saturated carbocycles. The Morgan fingerprint density at radius 1 is 1.35 bits per heavy atom. The first kappa shape index (κ1) is 12.9. The third-order valence-corrected chi connectivity index (χ3v) is 4.16.